The molecule has 0 fully saturated rings. The van der Waals surface area contributed by atoms with E-state index in [-0.39, 0.29) is 18.0 Å². The molecule has 0 unspecified atom stereocenters. The topological polar surface area (TPSA) is 63.1 Å². The van der Waals surface area contributed by atoms with Crippen LogP contribution in [0, 0.1) is 13.8 Å². The molecule has 6 nitrogen and oxygen atoms in total. The van der Waals surface area contributed by atoms with E-state index >= 15 is 0 Å². The van der Waals surface area contributed by atoms with E-state index < -0.39 is 11.7 Å². The van der Waals surface area contributed by atoms with Crippen molar-refractivity contribution in [2.45, 2.75) is 26.6 Å². The molecule has 28 heavy (non-hydrogen) atoms. The number of imidazole rings is 1. The number of anilines is 2. The quantitative estimate of drug-likeness (QED) is 0.733. The number of alkyl halides is 3. The number of aromatic nitrogens is 3. The van der Waals surface area contributed by atoms with Gasteiger partial charge in [-0.1, -0.05) is 6.07 Å². The van der Waals surface area contributed by atoms with Gasteiger partial charge in [0.15, 0.2) is 5.82 Å². The number of aryl methyl sites for hydroxylation is 1. The van der Waals surface area contributed by atoms with E-state index in [0.717, 1.165) is 6.07 Å². The minimum Gasteiger partial charge on any atom is -0.347 e. The Morgan fingerprint density at radius 2 is 1.89 bits per heavy atom. The first-order valence-electron chi connectivity index (χ1n) is 8.54. The highest BCUT2D eigenvalue weighted by atomic mass is 19.4. The predicted molar refractivity (Wildman–Crippen MR) is 100 cm³/mol. The van der Waals surface area contributed by atoms with Crippen molar-refractivity contribution in [3.05, 3.63) is 47.4 Å². The lowest BCUT2D eigenvalue weighted by Crippen LogP contribution is -2.25. The molecule has 0 saturated carbocycles. The lowest BCUT2D eigenvalue weighted by Gasteiger charge is -2.17. The van der Waals surface area contributed by atoms with Crippen LogP contribution in [0.5, 0.6) is 0 Å². The lowest BCUT2D eigenvalue weighted by atomic mass is 10.0. The van der Waals surface area contributed by atoms with Crippen molar-refractivity contribution in [3.63, 3.8) is 0 Å². The van der Waals surface area contributed by atoms with Crippen LogP contribution in [0.2, 0.25) is 0 Å². The van der Waals surface area contributed by atoms with Crippen LogP contribution in [-0.4, -0.2) is 39.4 Å². The third-order valence-electron chi connectivity index (χ3n) is 4.57. The van der Waals surface area contributed by atoms with Crippen LogP contribution in [0.1, 0.15) is 16.7 Å². The third-order valence-corrected chi connectivity index (χ3v) is 4.57. The van der Waals surface area contributed by atoms with Gasteiger partial charge in [-0.3, -0.25) is 4.79 Å². The standard InChI is InChI=1S/C19H20F3N5O/c1-11-5-6-13(19(20,21)22)12(2)16(11)25-18-17-14(7-8-23-18)27(10-24-17)9-15(28)26(3)4/h5-8,10H,9H2,1-4H3,(H,23,25). The number of hydrogen-bond donors (Lipinski definition) is 1. The molecule has 1 aromatic carbocycles. The van der Waals surface area contributed by atoms with Crippen LogP contribution < -0.4 is 5.32 Å². The molecule has 0 saturated heterocycles. The van der Waals surface area contributed by atoms with Gasteiger partial charge >= 0.3 is 6.18 Å². The smallest absolute Gasteiger partial charge is 0.347 e. The van der Waals surface area contributed by atoms with E-state index in [0.29, 0.717) is 28.1 Å². The lowest BCUT2D eigenvalue weighted by molar-refractivity contribution is -0.138. The summed E-state index contributed by atoms with van der Waals surface area (Å²) in [6.07, 6.45) is -1.40. The number of likely N-dealkylation sites (N-methyl/N-ethyl adjacent to an activating group) is 1. The second kappa shape index (κ2) is 7.14. The molecule has 2 aromatic heterocycles. The highest BCUT2D eigenvalue weighted by molar-refractivity contribution is 5.89. The van der Waals surface area contributed by atoms with Crippen LogP contribution in [0.4, 0.5) is 24.7 Å². The first-order chi connectivity index (χ1) is 13.1. The molecule has 148 valence electrons. The zero-order valence-corrected chi connectivity index (χ0v) is 15.9. The fraction of sp³-hybridized carbons (Fsp3) is 0.316. The number of nitrogens with one attached hydrogen (secondary N) is 1. The van der Waals surface area contributed by atoms with Crippen molar-refractivity contribution in [1.82, 2.24) is 19.4 Å². The Labute approximate surface area is 160 Å². The van der Waals surface area contributed by atoms with Gasteiger partial charge in [0.25, 0.3) is 0 Å². The second-order valence-corrected chi connectivity index (χ2v) is 6.74. The van der Waals surface area contributed by atoms with Gasteiger partial charge in [-0.05, 0) is 37.1 Å². The molecular formula is C19H20F3N5O. The monoisotopic (exact) mass is 391 g/mol. The van der Waals surface area contributed by atoms with Crippen LogP contribution in [0.25, 0.3) is 11.0 Å². The molecule has 3 aromatic rings. The maximum absolute atomic E-state index is 13.2. The number of carbonyl (C=O) groups excluding carboxylic acids is 1. The van der Waals surface area contributed by atoms with Crippen molar-refractivity contribution < 1.29 is 18.0 Å². The zero-order chi connectivity index (χ0) is 20.6. The van der Waals surface area contributed by atoms with Gasteiger partial charge < -0.3 is 14.8 Å². The molecule has 0 bridgehead atoms. The molecule has 0 aliphatic carbocycles. The highest BCUT2D eigenvalue weighted by Gasteiger charge is 2.33. The summed E-state index contributed by atoms with van der Waals surface area (Å²) in [6, 6.07) is 4.21. The molecule has 0 aliphatic rings. The maximum atomic E-state index is 13.2. The minimum atomic E-state index is -4.44. The molecule has 0 radical (unpaired) electrons. The summed E-state index contributed by atoms with van der Waals surface area (Å²) >= 11 is 0. The summed E-state index contributed by atoms with van der Waals surface area (Å²) in [6.45, 7) is 3.26. The van der Waals surface area contributed by atoms with Crippen molar-refractivity contribution in [3.8, 4) is 0 Å². The van der Waals surface area contributed by atoms with Gasteiger partial charge in [0.05, 0.1) is 17.4 Å². The SMILES string of the molecule is Cc1ccc(C(F)(F)F)c(C)c1Nc1nccc2c1ncn2CC(=O)N(C)C. The number of amides is 1. The van der Waals surface area contributed by atoms with Crippen LogP contribution in [0.15, 0.2) is 30.7 Å². The third kappa shape index (κ3) is 3.64. The average Bonchev–Trinajstić information content (AvgIpc) is 3.01. The Balaban J connectivity index is 2.03. The van der Waals surface area contributed by atoms with Gasteiger partial charge in [-0.25, -0.2) is 9.97 Å². The average molecular weight is 391 g/mol. The predicted octanol–water partition coefficient (Wildman–Crippen LogP) is 3.90. The van der Waals surface area contributed by atoms with E-state index in [2.05, 4.69) is 15.3 Å². The zero-order valence-electron chi connectivity index (χ0n) is 15.9. The Kier molecular flexibility index (Phi) is 5.01. The van der Waals surface area contributed by atoms with Crippen molar-refractivity contribution in [2.75, 3.05) is 19.4 Å². The van der Waals surface area contributed by atoms with Gasteiger partial charge in [-0.15, -0.1) is 0 Å². The summed E-state index contributed by atoms with van der Waals surface area (Å²) in [5.74, 6) is 0.231. The van der Waals surface area contributed by atoms with E-state index in [4.69, 9.17) is 0 Å². The molecule has 2 heterocycles. The summed E-state index contributed by atoms with van der Waals surface area (Å²) in [5.41, 5.74) is 1.53. The van der Waals surface area contributed by atoms with Gasteiger partial charge in [0, 0.05) is 26.0 Å². The van der Waals surface area contributed by atoms with E-state index in [9.17, 15) is 18.0 Å². The number of pyridine rings is 1. The molecule has 1 N–H and O–H groups in total. The Bertz CT molecular complexity index is 1040. The maximum Gasteiger partial charge on any atom is 0.416 e. The normalized spacial score (nSPS) is 11.7. The first-order valence-corrected chi connectivity index (χ1v) is 8.54. The number of fused-ring (bicyclic) bond motifs is 1. The second-order valence-electron chi connectivity index (χ2n) is 6.74. The number of carbonyl (C=O) groups is 1. The summed E-state index contributed by atoms with van der Waals surface area (Å²) in [7, 11) is 3.32. The Hall–Kier alpha value is -3.10. The van der Waals surface area contributed by atoms with Crippen LogP contribution >= 0.6 is 0 Å². The van der Waals surface area contributed by atoms with Crippen molar-refractivity contribution in [2.24, 2.45) is 0 Å². The molecule has 9 heteroatoms. The van der Waals surface area contributed by atoms with Crippen LogP contribution in [-0.2, 0) is 17.5 Å². The summed E-state index contributed by atoms with van der Waals surface area (Å²) in [5, 5.41) is 3.00. The highest BCUT2D eigenvalue weighted by Crippen LogP contribution is 2.37. The fourth-order valence-electron chi connectivity index (χ4n) is 2.96. The first kappa shape index (κ1) is 19.7. The van der Waals surface area contributed by atoms with Gasteiger partial charge in [-0.2, -0.15) is 13.2 Å². The molecule has 0 atom stereocenters. The Morgan fingerprint density at radius 1 is 1.18 bits per heavy atom. The van der Waals surface area contributed by atoms with E-state index in [1.54, 1.807) is 31.7 Å². The van der Waals surface area contributed by atoms with E-state index in [1.807, 2.05) is 0 Å². The largest absolute Gasteiger partial charge is 0.416 e. The molecule has 1 amide bonds. The minimum absolute atomic E-state index is 0.0912. The van der Waals surface area contributed by atoms with Gasteiger partial charge in [0.2, 0.25) is 5.91 Å². The van der Waals surface area contributed by atoms with E-state index in [1.165, 1.54) is 30.4 Å². The van der Waals surface area contributed by atoms with Gasteiger partial charge in [0.1, 0.15) is 12.1 Å². The number of benzene rings is 1. The molecular weight excluding hydrogens is 371 g/mol. The van der Waals surface area contributed by atoms with Crippen molar-refractivity contribution >= 4 is 28.4 Å². The van der Waals surface area contributed by atoms with Crippen molar-refractivity contribution in [1.29, 1.82) is 0 Å². The summed E-state index contributed by atoms with van der Waals surface area (Å²) < 4.78 is 41.4. The molecule has 3 rings (SSSR count). The molecule has 0 spiro atoms. The fourth-order valence-corrected chi connectivity index (χ4v) is 2.96. The molecule has 0 aliphatic heterocycles. The number of hydrogen-bond acceptors (Lipinski definition) is 4. The number of nitrogens with zero attached hydrogens (tertiary/aromatic N) is 4. The number of rotatable bonds is 4. The summed E-state index contributed by atoms with van der Waals surface area (Å²) in [4.78, 5) is 22.0. The Morgan fingerprint density at radius 3 is 2.54 bits per heavy atom. The number of halogens is 3. The van der Waals surface area contributed by atoms with Crippen LogP contribution in [0.3, 0.4) is 0 Å².